The van der Waals surface area contributed by atoms with E-state index >= 15 is 0 Å². The largest absolute Gasteiger partial charge is 0.383 e. The molecule has 1 aliphatic rings. The second kappa shape index (κ2) is 10.2. The van der Waals surface area contributed by atoms with Crippen LogP contribution in [-0.2, 0) is 29.0 Å². The first-order valence-corrected chi connectivity index (χ1v) is 13.4. The van der Waals surface area contributed by atoms with E-state index in [1.54, 1.807) is 27.6 Å². The van der Waals surface area contributed by atoms with E-state index in [0.29, 0.717) is 30.0 Å². The number of nitrogen functional groups attached to an aromatic ring is 1. The predicted molar refractivity (Wildman–Crippen MR) is 132 cm³/mol. The summed E-state index contributed by atoms with van der Waals surface area (Å²) in [6.07, 6.45) is 3.25. The third-order valence-corrected chi connectivity index (χ3v) is 8.45. The number of hydrogen-bond donors (Lipinski definition) is 2. The quantitative estimate of drug-likeness (QED) is 0.369. The van der Waals surface area contributed by atoms with Crippen molar-refractivity contribution >= 4 is 62.3 Å². The fourth-order valence-electron chi connectivity index (χ4n) is 3.84. The van der Waals surface area contributed by atoms with Crippen molar-refractivity contribution in [3.63, 3.8) is 0 Å². The average Bonchev–Trinajstić information content (AvgIpc) is 3.41. The Morgan fingerprint density at radius 3 is 2.97 bits per heavy atom. The van der Waals surface area contributed by atoms with Gasteiger partial charge in [0.25, 0.3) is 0 Å². The van der Waals surface area contributed by atoms with Crippen LogP contribution in [0.2, 0.25) is 0 Å². The summed E-state index contributed by atoms with van der Waals surface area (Å²) in [4.78, 5) is 39.0. The van der Waals surface area contributed by atoms with Gasteiger partial charge in [-0.3, -0.25) is 9.59 Å². The molecule has 7 nitrogen and oxygen atoms in total. The number of rotatable bonds is 8. The lowest BCUT2D eigenvalue weighted by molar-refractivity contribution is -0.133. The first-order chi connectivity index (χ1) is 15.4. The second-order valence-electron chi connectivity index (χ2n) is 7.98. The third-order valence-electron chi connectivity index (χ3n) is 5.60. The van der Waals surface area contributed by atoms with Gasteiger partial charge >= 0.3 is 0 Å². The average molecular weight is 490 g/mol. The number of nitrogens with two attached hydrogens (primary N) is 1. The van der Waals surface area contributed by atoms with E-state index in [2.05, 4.69) is 22.2 Å². The molecule has 0 saturated heterocycles. The van der Waals surface area contributed by atoms with Gasteiger partial charge in [-0.25, -0.2) is 9.97 Å². The number of nitrogens with one attached hydrogen (secondary N) is 1. The number of likely N-dealkylation sites (N-methyl/N-ethyl adjacent to an activating group) is 1. The number of thioether (sulfide) groups is 1. The number of thiophene rings is 2. The topological polar surface area (TPSA) is 101 Å². The molecule has 0 fully saturated rings. The number of anilines is 1. The zero-order valence-corrected chi connectivity index (χ0v) is 20.7. The molecule has 3 aromatic heterocycles. The maximum atomic E-state index is 12.7. The van der Waals surface area contributed by atoms with Crippen LogP contribution < -0.4 is 11.1 Å². The van der Waals surface area contributed by atoms with Crippen molar-refractivity contribution in [2.45, 2.75) is 44.8 Å². The van der Waals surface area contributed by atoms with Gasteiger partial charge in [-0.15, -0.1) is 22.7 Å². The van der Waals surface area contributed by atoms with Gasteiger partial charge in [0.05, 0.1) is 24.2 Å². The molecule has 1 aliphatic carbocycles. The van der Waals surface area contributed by atoms with Crippen LogP contribution in [0.3, 0.4) is 0 Å². The smallest absolute Gasteiger partial charge is 0.239 e. The van der Waals surface area contributed by atoms with Crippen LogP contribution in [0.1, 0.15) is 35.6 Å². The number of fused-ring (bicyclic) bond motifs is 3. The van der Waals surface area contributed by atoms with Gasteiger partial charge in [0.2, 0.25) is 11.8 Å². The summed E-state index contributed by atoms with van der Waals surface area (Å²) < 4.78 is 0. The molecule has 2 amide bonds. The Morgan fingerprint density at radius 2 is 2.22 bits per heavy atom. The van der Waals surface area contributed by atoms with Crippen LogP contribution >= 0.6 is 34.4 Å². The Kier molecular flexibility index (Phi) is 7.32. The van der Waals surface area contributed by atoms with E-state index in [1.807, 2.05) is 24.4 Å². The summed E-state index contributed by atoms with van der Waals surface area (Å²) in [5.41, 5.74) is 7.59. The molecule has 1 atom stereocenters. The van der Waals surface area contributed by atoms with E-state index in [0.717, 1.165) is 34.4 Å². The molecular weight excluding hydrogens is 462 g/mol. The van der Waals surface area contributed by atoms with Crippen molar-refractivity contribution in [2.75, 3.05) is 24.6 Å². The van der Waals surface area contributed by atoms with Crippen molar-refractivity contribution in [1.82, 2.24) is 20.2 Å². The molecule has 0 aliphatic heterocycles. The minimum absolute atomic E-state index is 0.0408. The van der Waals surface area contributed by atoms with Gasteiger partial charge in [0.15, 0.2) is 5.16 Å². The minimum atomic E-state index is -0.168. The highest BCUT2D eigenvalue weighted by Crippen LogP contribution is 2.39. The minimum Gasteiger partial charge on any atom is -0.383 e. The Bertz CT molecular complexity index is 1110. The van der Waals surface area contributed by atoms with Crippen LogP contribution in [0.5, 0.6) is 0 Å². The fourth-order valence-corrected chi connectivity index (χ4v) is 6.68. The molecule has 4 rings (SSSR count). The first kappa shape index (κ1) is 23.0. The molecule has 0 aromatic carbocycles. The molecule has 3 heterocycles. The van der Waals surface area contributed by atoms with Gasteiger partial charge in [-0.05, 0) is 49.1 Å². The van der Waals surface area contributed by atoms with Crippen LogP contribution in [0.4, 0.5) is 5.82 Å². The van der Waals surface area contributed by atoms with E-state index in [1.165, 1.54) is 22.2 Å². The number of aromatic nitrogens is 2. The van der Waals surface area contributed by atoms with E-state index in [9.17, 15) is 9.59 Å². The number of amides is 2. The Hall–Kier alpha value is -2.17. The van der Waals surface area contributed by atoms with Crippen LogP contribution in [-0.4, -0.2) is 45.5 Å². The first-order valence-electron chi connectivity index (χ1n) is 10.7. The molecule has 0 saturated carbocycles. The zero-order valence-electron chi connectivity index (χ0n) is 18.2. The zero-order chi connectivity index (χ0) is 22.7. The van der Waals surface area contributed by atoms with Crippen molar-refractivity contribution in [3.8, 4) is 0 Å². The van der Waals surface area contributed by atoms with Crippen LogP contribution in [0.15, 0.2) is 22.7 Å². The molecule has 0 bridgehead atoms. The maximum absolute atomic E-state index is 12.7. The van der Waals surface area contributed by atoms with E-state index < -0.39 is 0 Å². The van der Waals surface area contributed by atoms with Crippen LogP contribution in [0.25, 0.3) is 10.2 Å². The standard InChI is InChI=1S/C22H27N5O2S3/c1-3-27(11-17(28)24-10-14-5-4-8-30-14)18(29)12-31-22-25-20(23)19-15-7-6-13(2)9-16(15)32-21(19)26-22/h4-5,8,13H,3,6-7,9-12H2,1-2H3,(H,24,28)(H2,23,25,26). The van der Waals surface area contributed by atoms with Gasteiger partial charge in [0, 0.05) is 16.3 Å². The fraction of sp³-hybridized carbons (Fsp3) is 0.455. The highest BCUT2D eigenvalue weighted by molar-refractivity contribution is 7.99. The van der Waals surface area contributed by atoms with Gasteiger partial charge in [0.1, 0.15) is 10.6 Å². The number of carbonyl (C=O) groups is 2. The molecule has 170 valence electrons. The highest BCUT2D eigenvalue weighted by atomic mass is 32.2. The van der Waals surface area contributed by atoms with E-state index in [-0.39, 0.29) is 24.1 Å². The third kappa shape index (κ3) is 5.24. The number of aryl methyl sites for hydroxylation is 1. The number of hydrogen-bond acceptors (Lipinski definition) is 8. The van der Waals surface area contributed by atoms with Crippen molar-refractivity contribution in [3.05, 3.63) is 32.8 Å². The molecule has 1 unspecified atom stereocenters. The molecule has 0 spiro atoms. The number of carbonyl (C=O) groups excluding carboxylic acids is 2. The number of nitrogens with zero attached hydrogens (tertiary/aromatic N) is 3. The molecule has 32 heavy (non-hydrogen) atoms. The van der Waals surface area contributed by atoms with Crippen molar-refractivity contribution in [2.24, 2.45) is 5.92 Å². The lowest BCUT2D eigenvalue weighted by Gasteiger charge is -2.20. The highest BCUT2D eigenvalue weighted by Gasteiger charge is 2.24. The Labute approximate surface area is 199 Å². The molecular formula is C22H27N5O2S3. The van der Waals surface area contributed by atoms with Crippen molar-refractivity contribution < 1.29 is 9.59 Å². The maximum Gasteiger partial charge on any atom is 0.239 e. The summed E-state index contributed by atoms with van der Waals surface area (Å²) in [6.45, 7) is 5.13. The summed E-state index contributed by atoms with van der Waals surface area (Å²) in [5.74, 6) is 1.05. The molecule has 0 radical (unpaired) electrons. The van der Waals surface area contributed by atoms with Crippen LogP contribution in [0, 0.1) is 5.92 Å². The van der Waals surface area contributed by atoms with Crippen molar-refractivity contribution in [1.29, 1.82) is 0 Å². The Balaban J connectivity index is 1.36. The Morgan fingerprint density at radius 1 is 1.38 bits per heavy atom. The summed E-state index contributed by atoms with van der Waals surface area (Å²) in [7, 11) is 0. The monoisotopic (exact) mass is 489 g/mol. The molecule has 3 N–H and O–H groups in total. The normalized spacial score (nSPS) is 15.5. The lowest BCUT2D eigenvalue weighted by atomic mass is 9.89. The SMILES string of the molecule is CCN(CC(=O)NCc1cccs1)C(=O)CSc1nc(N)c2c3c(sc2n1)CC(C)CC3. The van der Waals surface area contributed by atoms with Gasteiger partial charge in [-0.2, -0.15) is 0 Å². The van der Waals surface area contributed by atoms with E-state index in [4.69, 9.17) is 5.73 Å². The molecule has 3 aromatic rings. The summed E-state index contributed by atoms with van der Waals surface area (Å²) in [6, 6.07) is 3.92. The predicted octanol–water partition coefficient (Wildman–Crippen LogP) is 3.72. The van der Waals surface area contributed by atoms with Gasteiger partial charge < -0.3 is 16.0 Å². The summed E-state index contributed by atoms with van der Waals surface area (Å²) in [5, 5.41) is 6.33. The second-order valence-corrected chi connectivity index (χ2v) is 11.0. The summed E-state index contributed by atoms with van der Waals surface area (Å²) >= 11 is 4.56. The lowest BCUT2D eigenvalue weighted by Crippen LogP contribution is -2.41. The molecule has 10 heteroatoms. The van der Waals surface area contributed by atoms with Gasteiger partial charge in [-0.1, -0.05) is 24.8 Å².